The van der Waals surface area contributed by atoms with Crippen LogP contribution in [0.2, 0.25) is 0 Å². The van der Waals surface area contributed by atoms with Crippen LogP contribution < -0.4 is 0 Å². The Balaban J connectivity index is 3.40. The van der Waals surface area contributed by atoms with Crippen LogP contribution in [0.1, 0.15) is 399 Å². The van der Waals surface area contributed by atoms with E-state index >= 15 is 0 Å². The summed E-state index contributed by atoms with van der Waals surface area (Å²) < 4.78 is 10.8. The molecular formula is C79H144O5. The van der Waals surface area contributed by atoms with Crippen molar-refractivity contribution in [3.05, 3.63) is 72.9 Å². The molecule has 1 unspecified atom stereocenters. The maximum atomic E-state index is 12.4. The van der Waals surface area contributed by atoms with Crippen LogP contribution in [0, 0.1) is 0 Å². The summed E-state index contributed by atoms with van der Waals surface area (Å²) >= 11 is 0. The van der Waals surface area contributed by atoms with Crippen molar-refractivity contribution in [1.82, 2.24) is 0 Å². The number of esters is 2. The minimum Gasteiger partial charge on any atom is -0.462 e. The minimum absolute atomic E-state index is 0.0611. The quantitative estimate of drug-likeness (QED) is 0.0373. The third-order valence-electron chi connectivity index (χ3n) is 17.0. The monoisotopic (exact) mass is 1170 g/mol. The van der Waals surface area contributed by atoms with Crippen molar-refractivity contribution >= 4 is 11.9 Å². The second-order valence-electron chi connectivity index (χ2n) is 25.4. The summed E-state index contributed by atoms with van der Waals surface area (Å²) in [5, 5.41) is 9.72. The fraction of sp³-hybridized carbons (Fsp3) is 0.823. The van der Waals surface area contributed by atoms with Crippen LogP contribution in [0.5, 0.6) is 0 Å². The van der Waals surface area contributed by atoms with Crippen LogP contribution in [0.25, 0.3) is 0 Å². The van der Waals surface area contributed by atoms with Gasteiger partial charge in [-0.3, -0.25) is 9.59 Å². The smallest absolute Gasteiger partial charge is 0.306 e. The molecule has 5 heteroatoms. The average Bonchev–Trinajstić information content (AvgIpc) is 3.51. The van der Waals surface area contributed by atoms with Gasteiger partial charge in [-0.15, -0.1) is 0 Å². The Morgan fingerprint density at radius 2 is 0.512 bits per heavy atom. The van der Waals surface area contributed by atoms with Gasteiger partial charge < -0.3 is 14.6 Å². The third-order valence-corrected chi connectivity index (χ3v) is 17.0. The summed E-state index contributed by atoms with van der Waals surface area (Å²) in [7, 11) is 0. The van der Waals surface area contributed by atoms with Crippen molar-refractivity contribution in [3.63, 3.8) is 0 Å². The topological polar surface area (TPSA) is 72.8 Å². The maximum absolute atomic E-state index is 12.4. The SMILES string of the molecule is CC/C=C\C/C=C\C/C=C\C/C=C\C/C=C\C/C=C\CCCCCCCCCCCCCCCCCCCCC(=O)OC(CO)COC(=O)CCCCCCCCCCCCCCCCCCCCCCCCCCCCCCCCCCC. The summed E-state index contributed by atoms with van der Waals surface area (Å²) in [6.45, 7) is 4.09. The number of allylic oxidation sites excluding steroid dienone is 12. The Kier molecular flexibility index (Phi) is 72.2. The molecule has 0 aromatic heterocycles. The van der Waals surface area contributed by atoms with Crippen LogP contribution in [0.3, 0.4) is 0 Å². The molecule has 0 spiro atoms. The highest BCUT2D eigenvalue weighted by Crippen LogP contribution is 2.19. The predicted octanol–water partition coefficient (Wildman–Crippen LogP) is 26.2. The molecule has 0 saturated carbocycles. The predicted molar refractivity (Wildman–Crippen MR) is 371 cm³/mol. The number of aliphatic hydroxyl groups is 1. The summed E-state index contributed by atoms with van der Waals surface area (Å²) in [5.74, 6) is -0.568. The average molecular weight is 1170 g/mol. The normalized spacial score (nSPS) is 12.6. The lowest BCUT2D eigenvalue weighted by Gasteiger charge is -2.15. The van der Waals surface area contributed by atoms with E-state index in [0.717, 1.165) is 70.6 Å². The lowest BCUT2D eigenvalue weighted by molar-refractivity contribution is -0.161. The molecule has 0 saturated heterocycles. The number of carbonyl (C=O) groups is 2. The molecule has 0 aromatic rings. The van der Waals surface area contributed by atoms with E-state index in [4.69, 9.17) is 9.47 Å². The van der Waals surface area contributed by atoms with Crippen molar-refractivity contribution < 1.29 is 24.2 Å². The Bertz CT molecular complexity index is 1470. The van der Waals surface area contributed by atoms with Gasteiger partial charge in [0.05, 0.1) is 6.61 Å². The molecule has 84 heavy (non-hydrogen) atoms. The Morgan fingerprint density at radius 3 is 0.774 bits per heavy atom. The first-order chi connectivity index (χ1) is 41.6. The molecule has 1 atom stereocenters. The van der Waals surface area contributed by atoms with E-state index in [2.05, 4.69) is 86.8 Å². The molecule has 0 rings (SSSR count). The molecule has 0 aliphatic heterocycles. The summed E-state index contributed by atoms with van der Waals surface area (Å²) in [6.07, 6.45) is 104. The second-order valence-corrected chi connectivity index (χ2v) is 25.4. The van der Waals surface area contributed by atoms with Gasteiger partial charge in [-0.25, -0.2) is 0 Å². The van der Waals surface area contributed by atoms with E-state index in [1.54, 1.807) is 0 Å². The zero-order valence-electron chi connectivity index (χ0n) is 56.4. The fourth-order valence-corrected chi connectivity index (χ4v) is 11.4. The molecule has 5 nitrogen and oxygen atoms in total. The van der Waals surface area contributed by atoms with Crippen LogP contribution in [0.15, 0.2) is 72.9 Å². The van der Waals surface area contributed by atoms with Gasteiger partial charge in [0.2, 0.25) is 0 Å². The largest absolute Gasteiger partial charge is 0.462 e. The molecule has 0 aliphatic rings. The van der Waals surface area contributed by atoms with Gasteiger partial charge in [-0.05, 0) is 64.2 Å². The van der Waals surface area contributed by atoms with E-state index in [-0.39, 0.29) is 25.2 Å². The molecule has 0 aliphatic carbocycles. The summed E-state index contributed by atoms with van der Waals surface area (Å²) in [5.41, 5.74) is 0. The number of aliphatic hydroxyl groups excluding tert-OH is 1. The van der Waals surface area contributed by atoms with Crippen LogP contribution in [-0.2, 0) is 19.1 Å². The standard InChI is InChI=1S/C79H144O5/c1-3-5-7-9-11-13-15-17-19-21-23-25-27-29-31-33-35-37-38-39-40-42-44-46-48-50-52-54-56-58-60-62-64-66-68-70-72-74-79(82)84-77(75-80)76-83-78(81)73-71-69-67-65-63-61-59-57-55-53-51-49-47-45-43-41-36-34-32-30-28-26-24-22-20-18-16-14-12-10-8-6-4-2/h5,7,11,13,17,19,23,25,29,31,35,37,77,80H,3-4,6,8-10,12,14-16,18,20-22,24,26-28,30,32-34,36,38-76H2,1-2H3/b7-5-,13-11-,19-17-,25-23-,31-29-,37-35-. The lowest BCUT2D eigenvalue weighted by Crippen LogP contribution is -2.28. The zero-order valence-corrected chi connectivity index (χ0v) is 56.4. The summed E-state index contributed by atoms with van der Waals surface area (Å²) in [6, 6.07) is 0. The highest BCUT2D eigenvalue weighted by atomic mass is 16.6. The van der Waals surface area contributed by atoms with Crippen molar-refractivity contribution in [2.45, 2.75) is 405 Å². The first kappa shape index (κ1) is 81.3. The van der Waals surface area contributed by atoms with Gasteiger partial charge in [-0.1, -0.05) is 395 Å². The van der Waals surface area contributed by atoms with E-state index in [9.17, 15) is 14.7 Å². The van der Waals surface area contributed by atoms with Crippen LogP contribution >= 0.6 is 0 Å². The number of carbonyl (C=O) groups excluding carboxylic acids is 2. The van der Waals surface area contributed by atoms with Gasteiger partial charge in [-0.2, -0.15) is 0 Å². The maximum Gasteiger partial charge on any atom is 0.306 e. The van der Waals surface area contributed by atoms with Crippen LogP contribution in [0.4, 0.5) is 0 Å². The zero-order chi connectivity index (χ0) is 60.5. The molecule has 0 radical (unpaired) electrons. The van der Waals surface area contributed by atoms with Crippen molar-refractivity contribution in [3.8, 4) is 0 Å². The summed E-state index contributed by atoms with van der Waals surface area (Å²) in [4.78, 5) is 24.7. The Morgan fingerprint density at radius 1 is 0.286 bits per heavy atom. The minimum atomic E-state index is -0.773. The molecular weight excluding hydrogens is 1030 g/mol. The van der Waals surface area contributed by atoms with Crippen LogP contribution in [-0.4, -0.2) is 36.4 Å². The molecule has 0 amide bonds. The van der Waals surface area contributed by atoms with E-state index in [1.165, 1.54) is 302 Å². The Hall–Kier alpha value is -2.66. The third kappa shape index (κ3) is 71.8. The van der Waals surface area contributed by atoms with Gasteiger partial charge in [0.1, 0.15) is 6.61 Å². The first-order valence-corrected chi connectivity index (χ1v) is 37.5. The molecule has 1 N–H and O–H groups in total. The highest BCUT2D eigenvalue weighted by Gasteiger charge is 2.16. The lowest BCUT2D eigenvalue weighted by atomic mass is 10.0. The molecule has 490 valence electrons. The highest BCUT2D eigenvalue weighted by molar-refractivity contribution is 5.70. The van der Waals surface area contributed by atoms with E-state index in [1.807, 2.05) is 0 Å². The van der Waals surface area contributed by atoms with E-state index in [0.29, 0.717) is 12.8 Å². The van der Waals surface area contributed by atoms with Gasteiger partial charge in [0.25, 0.3) is 0 Å². The van der Waals surface area contributed by atoms with Gasteiger partial charge >= 0.3 is 11.9 Å². The number of ether oxygens (including phenoxy) is 2. The number of hydrogen-bond acceptors (Lipinski definition) is 5. The first-order valence-electron chi connectivity index (χ1n) is 37.5. The molecule has 0 bridgehead atoms. The van der Waals surface area contributed by atoms with Gasteiger partial charge in [0, 0.05) is 12.8 Å². The molecule has 0 fully saturated rings. The van der Waals surface area contributed by atoms with E-state index < -0.39 is 6.10 Å². The number of unbranched alkanes of at least 4 members (excludes halogenated alkanes) is 50. The molecule has 0 aromatic carbocycles. The van der Waals surface area contributed by atoms with Crippen molar-refractivity contribution in [1.29, 1.82) is 0 Å². The van der Waals surface area contributed by atoms with Crippen molar-refractivity contribution in [2.24, 2.45) is 0 Å². The second kappa shape index (κ2) is 74.6. The van der Waals surface area contributed by atoms with Gasteiger partial charge in [0.15, 0.2) is 6.10 Å². The fourth-order valence-electron chi connectivity index (χ4n) is 11.4. The number of rotatable bonds is 70. The Labute approximate surface area is 524 Å². The molecule has 0 heterocycles. The van der Waals surface area contributed by atoms with Crippen molar-refractivity contribution in [2.75, 3.05) is 13.2 Å². The number of hydrogen-bond donors (Lipinski definition) is 1.